The zero-order valence-corrected chi connectivity index (χ0v) is 11.7. The second-order valence-corrected chi connectivity index (χ2v) is 0. The predicted octanol–water partition coefficient (Wildman–Crippen LogP) is -2.33. The van der Waals surface area contributed by atoms with E-state index >= 15 is 0 Å². The van der Waals surface area contributed by atoms with Crippen molar-refractivity contribution >= 4 is 17.4 Å². The maximum absolute atomic E-state index is 0. The summed E-state index contributed by atoms with van der Waals surface area (Å²) in [6.07, 6.45) is 0. The monoisotopic (exact) mass is 352 g/mol. The van der Waals surface area contributed by atoms with Gasteiger partial charge in [0.15, 0.2) is 0 Å². The van der Waals surface area contributed by atoms with Crippen LogP contribution in [0.1, 0.15) is 0 Å². The molecule has 0 aromatic carbocycles. The van der Waals surface area contributed by atoms with Gasteiger partial charge in [-0.1, -0.05) is 0 Å². The molecular formula is H11AlO11TiZr. The first-order valence-corrected chi connectivity index (χ1v) is 0. The third-order valence-electron chi connectivity index (χ3n) is 0. The molecule has 0 aliphatic rings. The third kappa shape index (κ3) is 772. The summed E-state index contributed by atoms with van der Waals surface area (Å²) in [4.78, 5) is 0. The van der Waals surface area contributed by atoms with Gasteiger partial charge in [-0.3, -0.25) is 0 Å². The van der Waals surface area contributed by atoms with E-state index in [-0.39, 0.29) is 126 Å². The molecular weight excluding hydrogens is 342 g/mol. The SMILES string of the molecule is [Al+3].[OH-].[OH-].[OH-].[OH-].[OH-].[OH-].[OH-].[OH-].[OH-].[OH-].[OH-].[Ti+4].[Zr+4]. The summed E-state index contributed by atoms with van der Waals surface area (Å²) in [7, 11) is 0. The van der Waals surface area contributed by atoms with Crippen molar-refractivity contribution in [3.63, 3.8) is 0 Å². The first-order chi connectivity index (χ1) is 0. The van der Waals surface area contributed by atoms with E-state index in [2.05, 4.69) is 0 Å². The second kappa shape index (κ2) is 964. The summed E-state index contributed by atoms with van der Waals surface area (Å²) < 4.78 is 0. The van der Waals surface area contributed by atoms with Crippen molar-refractivity contribution in [1.82, 2.24) is 0 Å². The largest absolute Gasteiger partial charge is 4.00 e. The number of hydrogen-bond donors (Lipinski definition) is 0. The molecule has 0 fully saturated rings. The average Bonchev–Trinajstić information content (AvgIpc) is 0. The Balaban J connectivity index is 0. The van der Waals surface area contributed by atoms with E-state index < -0.39 is 0 Å². The zero-order chi connectivity index (χ0) is 0. The molecule has 11 N–H and O–H groups in total. The van der Waals surface area contributed by atoms with Gasteiger partial charge in [-0.15, -0.1) is 0 Å². The molecule has 11 nitrogen and oxygen atoms in total. The van der Waals surface area contributed by atoms with E-state index in [1.54, 1.807) is 0 Å². The zero-order valence-electron chi connectivity index (χ0n) is 6.50. The molecule has 0 saturated carbocycles. The van der Waals surface area contributed by atoms with E-state index in [9.17, 15) is 0 Å². The Morgan fingerprint density at radius 1 is 0.286 bits per heavy atom. The molecule has 0 aromatic heterocycles. The van der Waals surface area contributed by atoms with Gasteiger partial charge < -0.3 is 60.2 Å². The topological polar surface area (TPSA) is 330 Å². The summed E-state index contributed by atoms with van der Waals surface area (Å²) in [5, 5.41) is 0. The third-order valence-corrected chi connectivity index (χ3v) is 0. The molecule has 0 heterocycles. The quantitative estimate of drug-likeness (QED) is 0.415. The van der Waals surface area contributed by atoms with Crippen LogP contribution in [0.3, 0.4) is 0 Å². The second-order valence-electron chi connectivity index (χ2n) is 0. The first-order valence-electron chi connectivity index (χ1n) is 0. The number of hydrogen-bond acceptors (Lipinski definition) is 11. The van der Waals surface area contributed by atoms with Gasteiger partial charge in [0.1, 0.15) is 0 Å². The van der Waals surface area contributed by atoms with Crippen molar-refractivity contribution in [3.05, 3.63) is 0 Å². The van der Waals surface area contributed by atoms with Crippen LogP contribution in [0.2, 0.25) is 0 Å². The van der Waals surface area contributed by atoms with Crippen LogP contribution >= 0.6 is 0 Å². The van der Waals surface area contributed by atoms with E-state index in [1.807, 2.05) is 0 Å². The van der Waals surface area contributed by atoms with Crippen molar-refractivity contribution in [1.29, 1.82) is 0 Å². The van der Waals surface area contributed by atoms with Gasteiger partial charge in [0, 0.05) is 0 Å². The van der Waals surface area contributed by atoms with E-state index in [0.29, 0.717) is 0 Å². The van der Waals surface area contributed by atoms with Gasteiger partial charge in [-0.05, 0) is 0 Å². The Morgan fingerprint density at radius 3 is 0.286 bits per heavy atom. The predicted molar refractivity (Wildman–Crippen MR) is 27.0 cm³/mol. The van der Waals surface area contributed by atoms with Gasteiger partial charge in [-0.2, -0.15) is 0 Å². The molecule has 0 bridgehead atoms. The summed E-state index contributed by atoms with van der Waals surface area (Å²) in [6, 6.07) is 0. The summed E-state index contributed by atoms with van der Waals surface area (Å²) in [5.41, 5.74) is 0. The molecule has 0 spiro atoms. The van der Waals surface area contributed by atoms with Crippen molar-refractivity contribution in [3.8, 4) is 0 Å². The van der Waals surface area contributed by atoms with Crippen LogP contribution < -0.4 is 0 Å². The van der Waals surface area contributed by atoms with Crippen LogP contribution in [0.5, 0.6) is 0 Å². The average molecular weight is 353 g/mol. The maximum atomic E-state index is 0. The molecule has 0 aromatic rings. The van der Waals surface area contributed by atoms with Crippen LogP contribution in [0.25, 0.3) is 0 Å². The molecule has 14 heteroatoms. The molecule has 0 saturated heterocycles. The smallest absolute Gasteiger partial charge is 0.870 e. The summed E-state index contributed by atoms with van der Waals surface area (Å²) in [5.74, 6) is 0. The van der Waals surface area contributed by atoms with Crippen LogP contribution in [0, 0.1) is 0 Å². The van der Waals surface area contributed by atoms with Crippen molar-refractivity contribution in [2.45, 2.75) is 0 Å². The molecule has 0 radical (unpaired) electrons. The fourth-order valence-electron chi connectivity index (χ4n) is 0. The Kier molecular flexibility index (Phi) is 81600. The van der Waals surface area contributed by atoms with Gasteiger partial charge in [-0.25, -0.2) is 0 Å². The van der Waals surface area contributed by atoms with Crippen LogP contribution in [0.4, 0.5) is 0 Å². The fourth-order valence-corrected chi connectivity index (χ4v) is 0. The molecule has 0 amide bonds. The van der Waals surface area contributed by atoms with Gasteiger partial charge in [0.25, 0.3) is 0 Å². The molecule has 14 heavy (non-hydrogen) atoms. The molecule has 0 rings (SSSR count). The standard InChI is InChI=1S/Al.11H2O.Ti.Zr/h;11*1H2;;/q+3;;;;;;;;;;;;2*+4/p-11. The Morgan fingerprint density at radius 2 is 0.286 bits per heavy atom. The summed E-state index contributed by atoms with van der Waals surface area (Å²) >= 11 is 0. The summed E-state index contributed by atoms with van der Waals surface area (Å²) in [6.45, 7) is 0. The first kappa shape index (κ1) is 1190. The van der Waals surface area contributed by atoms with Gasteiger partial charge in [0.05, 0.1) is 0 Å². The van der Waals surface area contributed by atoms with Crippen LogP contribution in [-0.2, 0) is 47.9 Å². The van der Waals surface area contributed by atoms with Gasteiger partial charge >= 0.3 is 65.3 Å². The fraction of sp³-hybridized carbons (Fsp3) is 0. The maximum Gasteiger partial charge on any atom is 4.00 e. The molecule has 0 aliphatic carbocycles. The molecule has 88 valence electrons. The van der Waals surface area contributed by atoms with Gasteiger partial charge in [0.2, 0.25) is 0 Å². The normalized spacial score (nSPS) is 0. The minimum atomic E-state index is 0. The minimum Gasteiger partial charge on any atom is -0.870 e. The van der Waals surface area contributed by atoms with E-state index in [1.165, 1.54) is 0 Å². The van der Waals surface area contributed by atoms with Crippen LogP contribution in [0.15, 0.2) is 0 Å². The Hall–Kier alpha value is 1.69. The molecule has 0 atom stereocenters. The van der Waals surface area contributed by atoms with Crippen molar-refractivity contribution < 1.29 is 108 Å². The van der Waals surface area contributed by atoms with Crippen molar-refractivity contribution in [2.24, 2.45) is 0 Å². The molecule has 0 unspecified atom stereocenters. The van der Waals surface area contributed by atoms with Crippen molar-refractivity contribution in [2.75, 3.05) is 0 Å². The van der Waals surface area contributed by atoms with E-state index in [4.69, 9.17) is 0 Å². The minimum absolute atomic E-state index is 0. The Bertz CT molecular complexity index is 15.2. The van der Waals surface area contributed by atoms with Crippen LogP contribution in [-0.4, -0.2) is 77.6 Å². The Labute approximate surface area is 125 Å². The number of rotatable bonds is 0. The van der Waals surface area contributed by atoms with E-state index in [0.717, 1.165) is 0 Å². The molecule has 0 aliphatic heterocycles.